The third-order valence-electron chi connectivity index (χ3n) is 4.19. The zero-order valence-electron chi connectivity index (χ0n) is 12.9. The van der Waals surface area contributed by atoms with Crippen molar-refractivity contribution in [1.29, 1.82) is 0 Å². The van der Waals surface area contributed by atoms with Crippen molar-refractivity contribution in [2.24, 2.45) is 0 Å². The topological polar surface area (TPSA) is 29.5 Å². The van der Waals surface area contributed by atoms with Gasteiger partial charge in [-0.05, 0) is 56.7 Å². The second-order valence-electron chi connectivity index (χ2n) is 5.75. The molecule has 21 heavy (non-hydrogen) atoms. The van der Waals surface area contributed by atoms with E-state index in [0.29, 0.717) is 11.1 Å². The summed E-state index contributed by atoms with van der Waals surface area (Å²) in [7, 11) is 1.69. The molecule has 1 fully saturated rings. The molecule has 0 radical (unpaired) electrons. The van der Waals surface area contributed by atoms with Crippen molar-refractivity contribution < 1.29 is 13.9 Å². The van der Waals surface area contributed by atoms with Gasteiger partial charge < -0.3 is 9.64 Å². The maximum atomic E-state index is 13.7. The number of methoxy groups -OCH3 is 1. The molecule has 4 heteroatoms. The number of nitrogens with zero attached hydrogens (tertiary/aromatic N) is 1. The van der Waals surface area contributed by atoms with Gasteiger partial charge in [-0.1, -0.05) is 6.07 Å². The zero-order chi connectivity index (χ0) is 15.2. The van der Waals surface area contributed by atoms with E-state index < -0.39 is 0 Å². The standard InChI is InChI=1S/C17H24FNO2/c1-13-8-9-14(12-16(13)18)17(20)19-10-4-3-6-15(19)7-5-11-21-2/h8-9,12,15H,3-7,10-11H2,1-2H3/t15-/m0/s1. The van der Waals surface area contributed by atoms with E-state index in [2.05, 4.69) is 0 Å². The number of aryl methyl sites for hydroxylation is 1. The van der Waals surface area contributed by atoms with Crippen molar-refractivity contribution in [2.75, 3.05) is 20.3 Å². The van der Waals surface area contributed by atoms with Crippen LogP contribution in [0.3, 0.4) is 0 Å². The molecule has 1 saturated heterocycles. The highest BCUT2D eigenvalue weighted by Crippen LogP contribution is 2.23. The summed E-state index contributed by atoms with van der Waals surface area (Å²) in [6.07, 6.45) is 5.12. The summed E-state index contributed by atoms with van der Waals surface area (Å²) in [6.45, 7) is 3.20. The summed E-state index contributed by atoms with van der Waals surface area (Å²) in [4.78, 5) is 14.6. The minimum atomic E-state index is -0.311. The van der Waals surface area contributed by atoms with E-state index in [1.807, 2.05) is 4.90 Å². The third-order valence-corrected chi connectivity index (χ3v) is 4.19. The normalized spacial score (nSPS) is 18.8. The molecule has 0 unspecified atom stereocenters. The molecule has 116 valence electrons. The second-order valence-corrected chi connectivity index (χ2v) is 5.75. The molecule has 0 saturated carbocycles. The van der Waals surface area contributed by atoms with E-state index in [-0.39, 0.29) is 17.8 Å². The van der Waals surface area contributed by atoms with Crippen LogP contribution >= 0.6 is 0 Å². The summed E-state index contributed by atoms with van der Waals surface area (Å²) in [5.41, 5.74) is 1.03. The highest BCUT2D eigenvalue weighted by Gasteiger charge is 2.27. The van der Waals surface area contributed by atoms with Crippen molar-refractivity contribution in [3.05, 3.63) is 35.1 Å². The molecule has 0 spiro atoms. The number of likely N-dealkylation sites (tertiary alicyclic amines) is 1. The number of amides is 1. The van der Waals surface area contributed by atoms with Gasteiger partial charge in [0, 0.05) is 31.9 Å². The third kappa shape index (κ3) is 4.03. The number of hydrogen-bond acceptors (Lipinski definition) is 2. The van der Waals surface area contributed by atoms with E-state index in [1.165, 1.54) is 6.07 Å². The Morgan fingerprint density at radius 1 is 1.43 bits per heavy atom. The lowest BCUT2D eigenvalue weighted by Gasteiger charge is -2.36. The average molecular weight is 293 g/mol. The lowest BCUT2D eigenvalue weighted by molar-refractivity contribution is 0.0584. The van der Waals surface area contributed by atoms with Crippen LogP contribution in [-0.4, -0.2) is 37.1 Å². The van der Waals surface area contributed by atoms with E-state index in [4.69, 9.17) is 4.74 Å². The fraction of sp³-hybridized carbons (Fsp3) is 0.588. The molecule has 1 amide bonds. The molecular weight excluding hydrogens is 269 g/mol. The van der Waals surface area contributed by atoms with E-state index in [9.17, 15) is 9.18 Å². The van der Waals surface area contributed by atoms with Crippen molar-refractivity contribution in [3.63, 3.8) is 0 Å². The van der Waals surface area contributed by atoms with Crippen LogP contribution in [0.25, 0.3) is 0 Å². The number of benzene rings is 1. The maximum absolute atomic E-state index is 13.7. The first kappa shape index (κ1) is 16.0. The largest absolute Gasteiger partial charge is 0.385 e. The van der Waals surface area contributed by atoms with Crippen LogP contribution in [0, 0.1) is 12.7 Å². The Morgan fingerprint density at radius 2 is 2.24 bits per heavy atom. The van der Waals surface area contributed by atoms with Crippen LogP contribution in [-0.2, 0) is 4.74 Å². The van der Waals surface area contributed by atoms with Crippen molar-refractivity contribution >= 4 is 5.91 Å². The summed E-state index contributed by atoms with van der Waals surface area (Å²) >= 11 is 0. The second kappa shape index (κ2) is 7.55. The van der Waals surface area contributed by atoms with Gasteiger partial charge in [0.05, 0.1) is 0 Å². The number of carbonyl (C=O) groups excluding carboxylic acids is 1. The van der Waals surface area contributed by atoms with Gasteiger partial charge in [-0.25, -0.2) is 4.39 Å². The minimum Gasteiger partial charge on any atom is -0.385 e. The molecule has 1 aliphatic rings. The van der Waals surface area contributed by atoms with Gasteiger partial charge in [0.25, 0.3) is 5.91 Å². The molecular formula is C17H24FNO2. The maximum Gasteiger partial charge on any atom is 0.254 e. The number of piperidine rings is 1. The van der Waals surface area contributed by atoms with Crippen LogP contribution in [0.2, 0.25) is 0 Å². The number of carbonyl (C=O) groups is 1. The Labute approximate surface area is 126 Å². The van der Waals surface area contributed by atoms with Gasteiger partial charge in [-0.2, -0.15) is 0 Å². The fourth-order valence-corrected chi connectivity index (χ4v) is 2.92. The first-order valence-electron chi connectivity index (χ1n) is 7.69. The monoisotopic (exact) mass is 293 g/mol. The van der Waals surface area contributed by atoms with Gasteiger partial charge in [0.15, 0.2) is 0 Å². The summed E-state index contributed by atoms with van der Waals surface area (Å²) < 4.78 is 18.8. The lowest BCUT2D eigenvalue weighted by Crippen LogP contribution is -2.43. The van der Waals surface area contributed by atoms with Crippen molar-refractivity contribution in [2.45, 2.75) is 45.1 Å². The van der Waals surface area contributed by atoms with Gasteiger partial charge >= 0.3 is 0 Å². The van der Waals surface area contributed by atoms with Gasteiger partial charge in [0.2, 0.25) is 0 Å². The molecule has 3 nitrogen and oxygen atoms in total. The number of halogens is 1. The first-order chi connectivity index (χ1) is 10.1. The Morgan fingerprint density at radius 3 is 2.95 bits per heavy atom. The molecule has 1 aliphatic heterocycles. The predicted octanol–water partition coefficient (Wildman–Crippen LogP) is 3.56. The molecule has 0 N–H and O–H groups in total. The average Bonchev–Trinajstić information content (AvgIpc) is 2.50. The molecule has 1 heterocycles. The predicted molar refractivity (Wildman–Crippen MR) is 80.9 cm³/mol. The molecule has 0 aromatic heterocycles. The number of hydrogen-bond donors (Lipinski definition) is 0. The van der Waals surface area contributed by atoms with Gasteiger partial charge in [-0.15, -0.1) is 0 Å². The van der Waals surface area contributed by atoms with E-state index in [0.717, 1.165) is 45.3 Å². The van der Waals surface area contributed by atoms with Crippen LogP contribution in [0.15, 0.2) is 18.2 Å². The number of rotatable bonds is 5. The quantitative estimate of drug-likeness (QED) is 0.777. The van der Waals surface area contributed by atoms with Gasteiger partial charge in [0.1, 0.15) is 5.82 Å². The number of ether oxygens (including phenoxy) is 1. The molecule has 1 atom stereocenters. The summed E-state index contributed by atoms with van der Waals surface area (Å²) in [6, 6.07) is 5.01. The van der Waals surface area contributed by atoms with E-state index in [1.54, 1.807) is 26.2 Å². The van der Waals surface area contributed by atoms with Crippen LogP contribution in [0.5, 0.6) is 0 Å². The Hall–Kier alpha value is -1.42. The SMILES string of the molecule is COCCC[C@@H]1CCCCN1C(=O)c1ccc(C)c(F)c1. The Kier molecular flexibility index (Phi) is 5.74. The Balaban J connectivity index is 2.08. The zero-order valence-corrected chi connectivity index (χ0v) is 12.9. The first-order valence-corrected chi connectivity index (χ1v) is 7.69. The lowest BCUT2D eigenvalue weighted by atomic mass is 9.97. The highest BCUT2D eigenvalue weighted by molar-refractivity contribution is 5.94. The van der Waals surface area contributed by atoms with Crippen LogP contribution in [0.4, 0.5) is 4.39 Å². The van der Waals surface area contributed by atoms with Crippen molar-refractivity contribution in [3.8, 4) is 0 Å². The van der Waals surface area contributed by atoms with Crippen LogP contribution < -0.4 is 0 Å². The van der Waals surface area contributed by atoms with Gasteiger partial charge in [-0.3, -0.25) is 4.79 Å². The van der Waals surface area contributed by atoms with Crippen LogP contribution in [0.1, 0.15) is 48.0 Å². The smallest absolute Gasteiger partial charge is 0.254 e. The summed E-state index contributed by atoms with van der Waals surface area (Å²) in [5.74, 6) is -0.357. The molecule has 0 aliphatic carbocycles. The Bertz CT molecular complexity index is 490. The molecule has 0 bridgehead atoms. The summed E-state index contributed by atoms with van der Waals surface area (Å²) in [5, 5.41) is 0. The molecule has 1 aromatic carbocycles. The van der Waals surface area contributed by atoms with E-state index >= 15 is 0 Å². The minimum absolute atomic E-state index is 0.0454. The fourth-order valence-electron chi connectivity index (χ4n) is 2.92. The molecule has 1 aromatic rings. The van der Waals surface area contributed by atoms with Crippen molar-refractivity contribution in [1.82, 2.24) is 4.90 Å². The molecule has 2 rings (SSSR count). The highest BCUT2D eigenvalue weighted by atomic mass is 19.1.